The molecular weight excluding hydrogens is 162 g/mol. The molecule has 1 rings (SSSR count). The highest BCUT2D eigenvalue weighted by atomic mass is 16.1. The minimum atomic E-state index is 0.177. The van der Waals surface area contributed by atoms with Crippen molar-refractivity contribution in [1.29, 1.82) is 0 Å². The van der Waals surface area contributed by atoms with Gasteiger partial charge >= 0.3 is 0 Å². The average Bonchev–Trinajstić information content (AvgIpc) is 2.30. The molecule has 1 heterocycles. The third kappa shape index (κ3) is 2.53. The first kappa shape index (κ1) is 10.7. The Kier molecular flexibility index (Phi) is 3.12. The van der Waals surface area contributed by atoms with Crippen LogP contribution in [0, 0.1) is 5.92 Å². The number of likely N-dealkylation sites (tertiary alicyclic amines) is 1. The van der Waals surface area contributed by atoms with Crippen LogP contribution in [0.25, 0.3) is 0 Å². The van der Waals surface area contributed by atoms with E-state index in [1.165, 1.54) is 12.8 Å². The molecule has 0 N–H and O–H groups in total. The first-order valence-corrected chi connectivity index (χ1v) is 5.21. The second-order valence-electron chi connectivity index (χ2n) is 4.96. The molecule has 1 fully saturated rings. The number of Topliss-reactive ketones (excluding diaryl/α,β-unsaturated/α-hetero) is 1. The van der Waals surface area contributed by atoms with Crippen molar-refractivity contribution in [3.63, 3.8) is 0 Å². The van der Waals surface area contributed by atoms with Crippen LogP contribution in [0.4, 0.5) is 0 Å². The Morgan fingerprint density at radius 3 is 2.46 bits per heavy atom. The number of carbonyl (C=O) groups is 1. The SMILES string of the molecule is CC(C)C(=O)CN1CCCC1(C)C. The molecule has 0 radical (unpaired) electrons. The molecule has 0 aromatic rings. The lowest BCUT2D eigenvalue weighted by Gasteiger charge is -2.31. The first-order valence-electron chi connectivity index (χ1n) is 5.21. The van der Waals surface area contributed by atoms with E-state index in [1.807, 2.05) is 13.8 Å². The summed E-state index contributed by atoms with van der Waals surface area (Å²) in [6, 6.07) is 0. The fraction of sp³-hybridized carbons (Fsp3) is 0.909. The lowest BCUT2D eigenvalue weighted by atomic mass is 10.0. The first-order chi connectivity index (χ1) is 5.93. The summed E-state index contributed by atoms with van der Waals surface area (Å²) in [6.45, 7) is 10.1. The maximum atomic E-state index is 11.5. The summed E-state index contributed by atoms with van der Waals surface area (Å²) >= 11 is 0. The summed E-state index contributed by atoms with van der Waals surface area (Å²) in [6.07, 6.45) is 2.46. The number of nitrogens with zero attached hydrogens (tertiary/aromatic N) is 1. The van der Waals surface area contributed by atoms with Crippen LogP contribution in [0.2, 0.25) is 0 Å². The zero-order chi connectivity index (χ0) is 10.1. The standard InChI is InChI=1S/C11H21NO/c1-9(2)10(13)8-12-7-5-6-11(12,3)4/h9H,5-8H2,1-4H3. The van der Waals surface area contributed by atoms with Crippen molar-refractivity contribution in [2.24, 2.45) is 5.92 Å². The molecule has 0 aromatic heterocycles. The van der Waals surface area contributed by atoms with Gasteiger partial charge in [-0.15, -0.1) is 0 Å². The number of hydrogen-bond acceptors (Lipinski definition) is 2. The topological polar surface area (TPSA) is 20.3 Å². The van der Waals surface area contributed by atoms with Gasteiger partial charge in [-0.3, -0.25) is 9.69 Å². The van der Waals surface area contributed by atoms with Gasteiger partial charge in [0.15, 0.2) is 0 Å². The van der Waals surface area contributed by atoms with E-state index in [9.17, 15) is 4.79 Å². The van der Waals surface area contributed by atoms with Crippen LogP contribution in [0.3, 0.4) is 0 Å². The van der Waals surface area contributed by atoms with Gasteiger partial charge in [-0.2, -0.15) is 0 Å². The van der Waals surface area contributed by atoms with Gasteiger partial charge in [-0.1, -0.05) is 13.8 Å². The lowest BCUT2D eigenvalue weighted by Crippen LogP contribution is -2.42. The van der Waals surface area contributed by atoms with Crippen LogP contribution in [0.15, 0.2) is 0 Å². The minimum Gasteiger partial charge on any atom is -0.298 e. The Balaban J connectivity index is 2.50. The monoisotopic (exact) mass is 183 g/mol. The van der Waals surface area contributed by atoms with Gasteiger partial charge in [0.25, 0.3) is 0 Å². The van der Waals surface area contributed by atoms with Gasteiger partial charge in [-0.05, 0) is 33.2 Å². The zero-order valence-corrected chi connectivity index (χ0v) is 9.26. The second-order valence-corrected chi connectivity index (χ2v) is 4.96. The molecule has 13 heavy (non-hydrogen) atoms. The largest absolute Gasteiger partial charge is 0.298 e. The van der Waals surface area contributed by atoms with E-state index in [2.05, 4.69) is 18.7 Å². The summed E-state index contributed by atoms with van der Waals surface area (Å²) in [5.41, 5.74) is 0.241. The van der Waals surface area contributed by atoms with E-state index in [1.54, 1.807) is 0 Å². The Hall–Kier alpha value is -0.370. The Morgan fingerprint density at radius 1 is 1.46 bits per heavy atom. The summed E-state index contributed by atoms with van der Waals surface area (Å²) in [7, 11) is 0. The number of hydrogen-bond donors (Lipinski definition) is 0. The molecule has 2 heteroatoms. The van der Waals surface area contributed by atoms with Crippen molar-refractivity contribution in [1.82, 2.24) is 4.90 Å². The van der Waals surface area contributed by atoms with Crippen molar-refractivity contribution in [3.05, 3.63) is 0 Å². The van der Waals surface area contributed by atoms with Crippen LogP contribution in [-0.2, 0) is 4.79 Å². The highest BCUT2D eigenvalue weighted by molar-refractivity contribution is 5.82. The Labute approximate surface area is 81.3 Å². The normalized spacial score (nSPS) is 22.5. The smallest absolute Gasteiger partial charge is 0.149 e. The summed E-state index contributed by atoms with van der Waals surface area (Å²) in [5.74, 6) is 0.548. The van der Waals surface area contributed by atoms with E-state index < -0.39 is 0 Å². The summed E-state index contributed by atoms with van der Waals surface area (Å²) in [4.78, 5) is 13.9. The maximum absolute atomic E-state index is 11.5. The minimum absolute atomic E-state index is 0.177. The van der Waals surface area contributed by atoms with Crippen molar-refractivity contribution >= 4 is 5.78 Å². The molecule has 0 amide bonds. The molecule has 0 aliphatic carbocycles. The van der Waals surface area contributed by atoms with E-state index in [-0.39, 0.29) is 11.5 Å². The predicted molar refractivity (Wildman–Crippen MR) is 54.7 cm³/mol. The van der Waals surface area contributed by atoms with Gasteiger partial charge in [-0.25, -0.2) is 0 Å². The third-order valence-corrected chi connectivity index (χ3v) is 3.06. The number of rotatable bonds is 3. The molecule has 1 aliphatic heterocycles. The van der Waals surface area contributed by atoms with Crippen LogP contribution in [0.5, 0.6) is 0 Å². The van der Waals surface area contributed by atoms with Gasteiger partial charge in [0.2, 0.25) is 0 Å². The molecule has 1 aliphatic rings. The predicted octanol–water partition coefficient (Wildman–Crippen LogP) is 2.09. The van der Waals surface area contributed by atoms with Crippen LogP contribution in [-0.4, -0.2) is 29.3 Å². The van der Waals surface area contributed by atoms with Crippen LogP contribution >= 0.6 is 0 Å². The van der Waals surface area contributed by atoms with Crippen LogP contribution in [0.1, 0.15) is 40.5 Å². The molecule has 0 bridgehead atoms. The quantitative estimate of drug-likeness (QED) is 0.667. The van der Waals surface area contributed by atoms with Gasteiger partial charge in [0.1, 0.15) is 5.78 Å². The number of ketones is 1. The molecule has 0 atom stereocenters. The maximum Gasteiger partial charge on any atom is 0.149 e. The Morgan fingerprint density at radius 2 is 2.08 bits per heavy atom. The summed E-state index contributed by atoms with van der Waals surface area (Å²) < 4.78 is 0. The average molecular weight is 183 g/mol. The highest BCUT2D eigenvalue weighted by Gasteiger charge is 2.32. The van der Waals surface area contributed by atoms with Crippen molar-refractivity contribution in [2.75, 3.05) is 13.1 Å². The highest BCUT2D eigenvalue weighted by Crippen LogP contribution is 2.27. The molecule has 0 saturated carbocycles. The van der Waals surface area contributed by atoms with Gasteiger partial charge in [0, 0.05) is 11.5 Å². The Bertz CT molecular complexity index is 196. The fourth-order valence-corrected chi connectivity index (χ4v) is 1.83. The van der Waals surface area contributed by atoms with Gasteiger partial charge < -0.3 is 0 Å². The van der Waals surface area contributed by atoms with E-state index in [0.29, 0.717) is 12.3 Å². The molecule has 76 valence electrons. The van der Waals surface area contributed by atoms with Gasteiger partial charge in [0.05, 0.1) is 6.54 Å². The molecule has 0 unspecified atom stereocenters. The molecule has 2 nitrogen and oxygen atoms in total. The molecule has 1 saturated heterocycles. The van der Waals surface area contributed by atoms with Crippen molar-refractivity contribution in [3.8, 4) is 0 Å². The zero-order valence-electron chi connectivity index (χ0n) is 9.26. The van der Waals surface area contributed by atoms with E-state index in [4.69, 9.17) is 0 Å². The molecular formula is C11H21NO. The molecule has 0 aromatic carbocycles. The van der Waals surface area contributed by atoms with E-state index >= 15 is 0 Å². The number of carbonyl (C=O) groups excluding carboxylic acids is 1. The third-order valence-electron chi connectivity index (χ3n) is 3.06. The van der Waals surface area contributed by atoms with Crippen LogP contribution < -0.4 is 0 Å². The fourth-order valence-electron chi connectivity index (χ4n) is 1.83. The van der Waals surface area contributed by atoms with E-state index in [0.717, 1.165) is 6.54 Å². The van der Waals surface area contributed by atoms with Crippen molar-refractivity contribution in [2.45, 2.75) is 46.1 Å². The van der Waals surface area contributed by atoms with Crippen molar-refractivity contribution < 1.29 is 4.79 Å². The second kappa shape index (κ2) is 3.79. The molecule has 0 spiro atoms. The summed E-state index contributed by atoms with van der Waals surface area (Å²) in [5, 5.41) is 0. The lowest BCUT2D eigenvalue weighted by molar-refractivity contribution is -0.123.